The van der Waals surface area contributed by atoms with Gasteiger partial charge in [0.2, 0.25) is 10.0 Å². The van der Waals surface area contributed by atoms with Crippen LogP contribution in [0.5, 0.6) is 0 Å². The molecule has 2 aliphatic rings. The lowest BCUT2D eigenvalue weighted by Gasteiger charge is -2.43. The van der Waals surface area contributed by atoms with Gasteiger partial charge in [0.25, 0.3) is 0 Å². The summed E-state index contributed by atoms with van der Waals surface area (Å²) in [6.45, 7) is 3.47. The highest BCUT2D eigenvalue weighted by Gasteiger charge is 2.44. The van der Waals surface area contributed by atoms with E-state index in [1.165, 1.54) is 16.6 Å². The second-order valence-electron chi connectivity index (χ2n) is 6.42. The number of piperidine rings is 1. The lowest BCUT2D eigenvalue weighted by atomic mass is 9.84. The molecule has 4 rings (SSSR count). The van der Waals surface area contributed by atoms with Gasteiger partial charge in [-0.05, 0) is 37.8 Å². The quantitative estimate of drug-likeness (QED) is 0.917. The van der Waals surface area contributed by atoms with E-state index in [4.69, 9.17) is 4.74 Å². The Morgan fingerprint density at radius 2 is 2.00 bits per heavy atom. The smallest absolute Gasteiger partial charge is 0.213 e. The van der Waals surface area contributed by atoms with Crippen LogP contribution in [0.1, 0.15) is 31.0 Å². The summed E-state index contributed by atoms with van der Waals surface area (Å²) in [4.78, 5) is 3.55. The Labute approximate surface area is 136 Å². The van der Waals surface area contributed by atoms with E-state index < -0.39 is 10.0 Å². The number of sulfonamides is 1. The van der Waals surface area contributed by atoms with E-state index in [-0.39, 0.29) is 11.4 Å². The van der Waals surface area contributed by atoms with Crippen LogP contribution in [-0.2, 0) is 26.8 Å². The molecule has 1 spiro atoms. The minimum atomic E-state index is -3.11. The lowest BCUT2D eigenvalue weighted by Crippen LogP contribution is -2.48. The van der Waals surface area contributed by atoms with Crippen molar-refractivity contribution >= 4 is 20.9 Å². The molecular formula is C17H22N2O3S. The van der Waals surface area contributed by atoms with E-state index >= 15 is 0 Å². The monoisotopic (exact) mass is 334 g/mol. The number of para-hydroxylation sites is 1. The molecule has 0 atom stereocenters. The van der Waals surface area contributed by atoms with Crippen LogP contribution in [0.25, 0.3) is 10.9 Å². The number of hydrogen-bond acceptors (Lipinski definition) is 3. The minimum absolute atomic E-state index is 0.165. The molecule has 0 amide bonds. The van der Waals surface area contributed by atoms with E-state index in [1.807, 2.05) is 6.07 Å². The van der Waals surface area contributed by atoms with E-state index in [0.717, 1.165) is 11.9 Å². The van der Waals surface area contributed by atoms with E-state index in [1.54, 1.807) is 11.2 Å². The summed E-state index contributed by atoms with van der Waals surface area (Å²) < 4.78 is 32.0. The molecule has 23 heavy (non-hydrogen) atoms. The third kappa shape index (κ3) is 2.31. The Bertz CT molecular complexity index is 833. The topological polar surface area (TPSA) is 62.4 Å². The fourth-order valence-electron chi connectivity index (χ4n) is 3.97. The first kappa shape index (κ1) is 15.2. The first-order valence-electron chi connectivity index (χ1n) is 8.27. The maximum absolute atomic E-state index is 12.1. The molecule has 1 aromatic heterocycles. The predicted molar refractivity (Wildman–Crippen MR) is 89.9 cm³/mol. The molecule has 1 saturated heterocycles. The average Bonchev–Trinajstić information content (AvgIpc) is 2.96. The maximum Gasteiger partial charge on any atom is 0.213 e. The number of aromatic nitrogens is 1. The standard InChI is InChI=1S/C17H22N2O3S/c1-2-23(20,21)19-10-8-17(9-11-19)16-14(7-12-22-17)13-5-3-4-6-15(13)18-16/h3-6,18H,2,7-12H2,1H3. The van der Waals surface area contributed by atoms with Gasteiger partial charge in [0.15, 0.2) is 0 Å². The zero-order valence-electron chi connectivity index (χ0n) is 13.3. The number of nitrogens with one attached hydrogen (secondary N) is 1. The number of ether oxygens (including phenoxy) is 1. The van der Waals surface area contributed by atoms with Gasteiger partial charge >= 0.3 is 0 Å². The van der Waals surface area contributed by atoms with E-state index in [0.29, 0.717) is 32.5 Å². The van der Waals surface area contributed by atoms with Crippen LogP contribution in [0.3, 0.4) is 0 Å². The molecule has 0 saturated carbocycles. The molecule has 124 valence electrons. The number of hydrogen-bond donors (Lipinski definition) is 1. The summed E-state index contributed by atoms with van der Waals surface area (Å²) >= 11 is 0. The molecule has 2 aromatic rings. The molecule has 1 N–H and O–H groups in total. The number of nitrogens with zero attached hydrogens (tertiary/aromatic N) is 1. The van der Waals surface area contributed by atoms with Gasteiger partial charge in [0.1, 0.15) is 5.60 Å². The summed E-state index contributed by atoms with van der Waals surface area (Å²) in [6, 6.07) is 8.35. The van der Waals surface area contributed by atoms with Crippen molar-refractivity contribution in [1.82, 2.24) is 9.29 Å². The van der Waals surface area contributed by atoms with Gasteiger partial charge in [-0.1, -0.05) is 18.2 Å². The fourth-order valence-corrected chi connectivity index (χ4v) is 5.08. The first-order chi connectivity index (χ1) is 11.1. The van der Waals surface area contributed by atoms with Crippen LogP contribution >= 0.6 is 0 Å². The summed E-state index contributed by atoms with van der Waals surface area (Å²) in [5, 5.41) is 1.27. The van der Waals surface area contributed by atoms with Crippen LogP contribution in [0.4, 0.5) is 0 Å². The third-order valence-electron chi connectivity index (χ3n) is 5.29. The van der Waals surface area contributed by atoms with Gasteiger partial charge in [-0.15, -0.1) is 0 Å². The summed E-state index contributed by atoms with van der Waals surface area (Å²) in [7, 11) is -3.11. The Morgan fingerprint density at radius 3 is 2.74 bits per heavy atom. The molecule has 1 aromatic carbocycles. The van der Waals surface area contributed by atoms with Crippen molar-refractivity contribution in [1.29, 1.82) is 0 Å². The maximum atomic E-state index is 12.1. The summed E-state index contributed by atoms with van der Waals surface area (Å²) in [5.41, 5.74) is 3.30. The average molecular weight is 334 g/mol. The zero-order chi connectivity index (χ0) is 16.1. The largest absolute Gasteiger partial charge is 0.368 e. The molecule has 5 nitrogen and oxygen atoms in total. The van der Waals surface area contributed by atoms with Gasteiger partial charge in [0.05, 0.1) is 18.1 Å². The molecule has 0 unspecified atom stereocenters. The van der Waals surface area contributed by atoms with Crippen LogP contribution < -0.4 is 0 Å². The molecular weight excluding hydrogens is 312 g/mol. The highest BCUT2D eigenvalue weighted by molar-refractivity contribution is 7.89. The number of aromatic amines is 1. The van der Waals surface area contributed by atoms with Crippen molar-refractivity contribution in [2.24, 2.45) is 0 Å². The van der Waals surface area contributed by atoms with Crippen molar-refractivity contribution in [3.63, 3.8) is 0 Å². The molecule has 3 heterocycles. The number of fused-ring (bicyclic) bond motifs is 4. The molecule has 6 heteroatoms. The van der Waals surface area contributed by atoms with Crippen molar-refractivity contribution in [3.8, 4) is 0 Å². The molecule has 0 radical (unpaired) electrons. The van der Waals surface area contributed by atoms with Crippen LogP contribution in [-0.4, -0.2) is 43.2 Å². The fraction of sp³-hybridized carbons (Fsp3) is 0.529. The number of H-pyrrole nitrogens is 1. The normalized spacial score (nSPS) is 21.6. The first-order valence-corrected chi connectivity index (χ1v) is 9.88. The second-order valence-corrected chi connectivity index (χ2v) is 8.67. The lowest BCUT2D eigenvalue weighted by molar-refractivity contribution is -0.0914. The van der Waals surface area contributed by atoms with Crippen molar-refractivity contribution in [2.75, 3.05) is 25.4 Å². The van der Waals surface area contributed by atoms with Gasteiger partial charge in [-0.25, -0.2) is 12.7 Å². The van der Waals surface area contributed by atoms with Crippen LogP contribution in [0.2, 0.25) is 0 Å². The van der Waals surface area contributed by atoms with Crippen LogP contribution in [0, 0.1) is 0 Å². The predicted octanol–water partition coefficient (Wildman–Crippen LogP) is 2.38. The Balaban J connectivity index is 1.70. The summed E-state index contributed by atoms with van der Waals surface area (Å²) in [6.07, 6.45) is 2.34. The van der Waals surface area contributed by atoms with Gasteiger partial charge in [-0.2, -0.15) is 0 Å². The Kier molecular flexibility index (Phi) is 3.51. The zero-order valence-corrected chi connectivity index (χ0v) is 14.2. The third-order valence-corrected chi connectivity index (χ3v) is 7.17. The second kappa shape index (κ2) is 5.33. The van der Waals surface area contributed by atoms with Crippen molar-refractivity contribution in [2.45, 2.75) is 31.8 Å². The summed E-state index contributed by atoms with van der Waals surface area (Å²) in [5.74, 6) is 0.165. The molecule has 1 fully saturated rings. The highest BCUT2D eigenvalue weighted by Crippen LogP contribution is 2.43. The van der Waals surface area contributed by atoms with E-state index in [2.05, 4.69) is 23.2 Å². The molecule has 0 aliphatic carbocycles. The minimum Gasteiger partial charge on any atom is -0.368 e. The Morgan fingerprint density at radius 1 is 1.26 bits per heavy atom. The number of benzene rings is 1. The molecule has 0 bridgehead atoms. The van der Waals surface area contributed by atoms with Crippen molar-refractivity contribution < 1.29 is 13.2 Å². The van der Waals surface area contributed by atoms with Gasteiger partial charge < -0.3 is 9.72 Å². The van der Waals surface area contributed by atoms with E-state index in [9.17, 15) is 8.42 Å². The SMILES string of the molecule is CCS(=O)(=O)N1CCC2(CC1)OCCc1c2[nH]c2ccccc12. The molecule has 2 aliphatic heterocycles. The Hall–Kier alpha value is -1.37. The number of rotatable bonds is 2. The highest BCUT2D eigenvalue weighted by atomic mass is 32.2. The van der Waals surface area contributed by atoms with Crippen LogP contribution in [0.15, 0.2) is 24.3 Å². The van der Waals surface area contributed by atoms with Crippen molar-refractivity contribution in [3.05, 3.63) is 35.5 Å². The van der Waals surface area contributed by atoms with Gasteiger partial charge in [0, 0.05) is 24.0 Å². The van der Waals surface area contributed by atoms with Gasteiger partial charge in [-0.3, -0.25) is 0 Å².